The molecule has 7 heteroatoms. The molecule has 0 unspecified atom stereocenters. The van der Waals surface area contributed by atoms with Gasteiger partial charge in [0.2, 0.25) is 0 Å². The molecule has 0 aromatic heterocycles. The topological polar surface area (TPSA) is 75.6 Å². The molecular weight excluding hydrogens is 377 g/mol. The highest BCUT2D eigenvalue weighted by Gasteiger charge is 2.17. The zero-order valence-electron chi connectivity index (χ0n) is 13.3. The Bertz CT molecular complexity index is 1000. The maximum Gasteiger partial charge on any atom is 0.342 e. The molecule has 3 aromatic carbocycles. The van der Waals surface area contributed by atoms with E-state index in [9.17, 15) is 14.7 Å². The molecule has 0 saturated carbocycles. The summed E-state index contributed by atoms with van der Waals surface area (Å²) in [4.78, 5) is 24.1. The molecule has 0 heterocycles. The lowest BCUT2D eigenvalue weighted by molar-refractivity contribution is -0.119. The number of nitrogens with one attached hydrogen (secondary N) is 1. The highest BCUT2D eigenvalue weighted by atomic mass is 35.5. The van der Waals surface area contributed by atoms with Crippen molar-refractivity contribution in [1.29, 1.82) is 0 Å². The molecule has 0 aliphatic heterocycles. The zero-order valence-corrected chi connectivity index (χ0v) is 14.8. The number of hydrogen-bond acceptors (Lipinski definition) is 4. The van der Waals surface area contributed by atoms with E-state index < -0.39 is 18.5 Å². The Labute approximate surface area is 159 Å². The van der Waals surface area contributed by atoms with Crippen molar-refractivity contribution in [1.82, 2.24) is 0 Å². The fraction of sp³-hybridized carbons (Fsp3) is 0.0526. The summed E-state index contributed by atoms with van der Waals surface area (Å²) in [6.45, 7) is -0.534. The minimum absolute atomic E-state index is 0.0164. The predicted molar refractivity (Wildman–Crippen MR) is 101 cm³/mol. The number of esters is 1. The van der Waals surface area contributed by atoms with Crippen molar-refractivity contribution in [3.05, 3.63) is 70.2 Å². The Hall–Kier alpha value is -2.76. The van der Waals surface area contributed by atoms with Crippen molar-refractivity contribution < 1.29 is 19.4 Å². The predicted octanol–water partition coefficient (Wildman–Crippen LogP) is 4.65. The highest BCUT2D eigenvalue weighted by molar-refractivity contribution is 6.44. The van der Waals surface area contributed by atoms with Crippen LogP contribution in [-0.2, 0) is 9.53 Å². The van der Waals surface area contributed by atoms with E-state index >= 15 is 0 Å². The van der Waals surface area contributed by atoms with Gasteiger partial charge in [-0.15, -0.1) is 0 Å². The fourth-order valence-electron chi connectivity index (χ4n) is 2.42. The van der Waals surface area contributed by atoms with Crippen molar-refractivity contribution in [2.45, 2.75) is 0 Å². The van der Waals surface area contributed by atoms with Crippen LogP contribution in [0.5, 0.6) is 5.75 Å². The van der Waals surface area contributed by atoms with Crippen LogP contribution in [0.15, 0.2) is 54.6 Å². The average Bonchev–Trinajstić information content (AvgIpc) is 2.64. The van der Waals surface area contributed by atoms with Crippen molar-refractivity contribution in [3.63, 3.8) is 0 Å². The van der Waals surface area contributed by atoms with Gasteiger partial charge in [0.15, 0.2) is 6.61 Å². The van der Waals surface area contributed by atoms with Gasteiger partial charge < -0.3 is 15.2 Å². The molecule has 0 aliphatic carbocycles. The number of phenolic OH excluding ortho intramolecular Hbond substituents is 1. The van der Waals surface area contributed by atoms with E-state index in [0.717, 1.165) is 5.39 Å². The second-order valence-corrected chi connectivity index (χ2v) is 6.19. The number of rotatable bonds is 4. The van der Waals surface area contributed by atoms with Crippen molar-refractivity contribution in [2.75, 3.05) is 11.9 Å². The van der Waals surface area contributed by atoms with E-state index in [1.807, 2.05) is 12.1 Å². The number of amides is 1. The minimum Gasteiger partial charge on any atom is -0.506 e. The summed E-state index contributed by atoms with van der Waals surface area (Å²) < 4.78 is 4.97. The van der Waals surface area contributed by atoms with Gasteiger partial charge >= 0.3 is 5.97 Å². The maximum absolute atomic E-state index is 12.2. The van der Waals surface area contributed by atoms with E-state index in [2.05, 4.69) is 5.32 Å². The van der Waals surface area contributed by atoms with Crippen molar-refractivity contribution >= 4 is 51.5 Å². The number of carbonyl (C=O) groups is 2. The van der Waals surface area contributed by atoms with Crippen molar-refractivity contribution in [2.24, 2.45) is 0 Å². The molecule has 0 bridgehead atoms. The summed E-state index contributed by atoms with van der Waals surface area (Å²) in [6, 6.07) is 15.0. The second kappa shape index (κ2) is 7.64. The third-order valence-electron chi connectivity index (χ3n) is 3.68. The van der Waals surface area contributed by atoms with Crippen LogP contribution < -0.4 is 5.32 Å². The summed E-state index contributed by atoms with van der Waals surface area (Å²) in [7, 11) is 0. The third kappa shape index (κ3) is 3.74. The van der Waals surface area contributed by atoms with Crippen LogP contribution in [0.4, 0.5) is 5.69 Å². The van der Waals surface area contributed by atoms with Crippen LogP contribution in [0.2, 0.25) is 10.0 Å². The number of fused-ring (bicyclic) bond motifs is 1. The molecule has 0 fully saturated rings. The SMILES string of the molecule is O=C(COC(=O)c1ccc2ccccc2c1O)Nc1cccc(Cl)c1Cl. The van der Waals surface area contributed by atoms with Gasteiger partial charge in [0, 0.05) is 5.39 Å². The summed E-state index contributed by atoms with van der Waals surface area (Å²) in [5, 5.41) is 14.6. The monoisotopic (exact) mass is 389 g/mol. The third-order valence-corrected chi connectivity index (χ3v) is 4.50. The molecule has 3 aromatic rings. The first-order chi connectivity index (χ1) is 12.5. The van der Waals surface area contributed by atoms with Crippen LogP contribution in [-0.4, -0.2) is 23.6 Å². The standard InChI is InChI=1S/C19H13Cl2NO4/c20-14-6-3-7-15(17(14)21)22-16(23)10-26-19(25)13-9-8-11-4-1-2-5-12(11)18(13)24/h1-9,24H,10H2,(H,22,23). The van der Waals surface area contributed by atoms with Crippen LogP contribution >= 0.6 is 23.2 Å². The van der Waals surface area contributed by atoms with Crippen LogP contribution in [0, 0.1) is 0 Å². The molecule has 1 amide bonds. The summed E-state index contributed by atoms with van der Waals surface area (Å²) in [5.74, 6) is -1.57. The number of phenols is 1. The number of benzene rings is 3. The Morgan fingerprint density at radius 3 is 2.58 bits per heavy atom. The number of ether oxygens (including phenoxy) is 1. The summed E-state index contributed by atoms with van der Waals surface area (Å²) >= 11 is 11.9. The van der Waals surface area contributed by atoms with Gasteiger partial charge in [0.1, 0.15) is 11.3 Å². The highest BCUT2D eigenvalue weighted by Crippen LogP contribution is 2.30. The summed E-state index contributed by atoms with van der Waals surface area (Å²) in [5.41, 5.74) is 0.297. The van der Waals surface area contributed by atoms with Gasteiger partial charge in [-0.05, 0) is 23.6 Å². The quantitative estimate of drug-likeness (QED) is 0.636. The largest absolute Gasteiger partial charge is 0.506 e. The van der Waals surface area contributed by atoms with E-state index in [4.69, 9.17) is 27.9 Å². The molecule has 0 aliphatic rings. The lowest BCUT2D eigenvalue weighted by Gasteiger charge is -2.10. The number of halogens is 2. The molecule has 0 atom stereocenters. The number of carbonyl (C=O) groups excluding carboxylic acids is 2. The zero-order chi connectivity index (χ0) is 18.7. The van der Waals surface area contributed by atoms with Crippen LogP contribution in [0.1, 0.15) is 10.4 Å². The van der Waals surface area contributed by atoms with Crippen molar-refractivity contribution in [3.8, 4) is 5.75 Å². The van der Waals surface area contributed by atoms with Gasteiger partial charge in [-0.25, -0.2) is 4.79 Å². The molecule has 132 valence electrons. The lowest BCUT2D eigenvalue weighted by Crippen LogP contribution is -2.21. The number of anilines is 1. The molecule has 0 radical (unpaired) electrons. The Kier molecular flexibility index (Phi) is 5.30. The first kappa shape index (κ1) is 18.0. The smallest absolute Gasteiger partial charge is 0.342 e. The Morgan fingerprint density at radius 1 is 1.00 bits per heavy atom. The molecule has 0 spiro atoms. The summed E-state index contributed by atoms with van der Waals surface area (Å²) in [6.07, 6.45) is 0. The average molecular weight is 390 g/mol. The number of aromatic hydroxyl groups is 1. The lowest BCUT2D eigenvalue weighted by atomic mass is 10.1. The molecule has 0 saturated heterocycles. The molecule has 3 rings (SSSR count). The number of hydrogen-bond donors (Lipinski definition) is 2. The van der Waals surface area contributed by atoms with Gasteiger partial charge in [0.25, 0.3) is 5.91 Å². The van der Waals surface area contributed by atoms with E-state index in [0.29, 0.717) is 16.1 Å². The first-order valence-corrected chi connectivity index (χ1v) is 8.34. The Balaban J connectivity index is 1.68. The van der Waals surface area contributed by atoms with Gasteiger partial charge in [-0.3, -0.25) is 4.79 Å². The van der Waals surface area contributed by atoms with E-state index in [-0.39, 0.29) is 16.3 Å². The van der Waals surface area contributed by atoms with E-state index in [1.165, 1.54) is 6.07 Å². The second-order valence-electron chi connectivity index (χ2n) is 5.41. The Morgan fingerprint density at radius 2 is 1.77 bits per heavy atom. The fourth-order valence-corrected chi connectivity index (χ4v) is 2.76. The minimum atomic E-state index is -0.805. The first-order valence-electron chi connectivity index (χ1n) is 7.59. The normalized spacial score (nSPS) is 10.5. The van der Waals surface area contributed by atoms with Crippen LogP contribution in [0.25, 0.3) is 10.8 Å². The molecule has 5 nitrogen and oxygen atoms in total. The molecular formula is C19H13Cl2NO4. The van der Waals surface area contributed by atoms with Gasteiger partial charge in [-0.1, -0.05) is 59.6 Å². The van der Waals surface area contributed by atoms with Crippen LogP contribution in [0.3, 0.4) is 0 Å². The molecule has 2 N–H and O–H groups in total. The van der Waals surface area contributed by atoms with Gasteiger partial charge in [0.05, 0.1) is 15.7 Å². The van der Waals surface area contributed by atoms with E-state index in [1.54, 1.807) is 36.4 Å². The maximum atomic E-state index is 12.2. The van der Waals surface area contributed by atoms with Gasteiger partial charge in [-0.2, -0.15) is 0 Å². The molecule has 26 heavy (non-hydrogen) atoms.